The second-order valence-corrected chi connectivity index (χ2v) is 5.48. The zero-order valence-corrected chi connectivity index (χ0v) is 12.2. The van der Waals surface area contributed by atoms with Crippen molar-refractivity contribution in [3.63, 3.8) is 0 Å². The molecule has 1 aromatic heterocycles. The molecular weight excluding hydrogens is 270 g/mol. The number of aromatic nitrogens is 1. The van der Waals surface area contributed by atoms with E-state index >= 15 is 0 Å². The van der Waals surface area contributed by atoms with Gasteiger partial charge in [-0.1, -0.05) is 13.8 Å². The zero-order chi connectivity index (χ0) is 15.4. The standard InChI is InChI=1S/C15H19N3O3/c1-11(2)5-7-16-15(19)10-17-8-6-12-3-4-13(18(20)21)9-14(12)17/h3-4,6,8-9,11H,5,7,10H2,1-2H3,(H,16,19). The van der Waals surface area contributed by atoms with Crippen LogP contribution in [0, 0.1) is 16.0 Å². The summed E-state index contributed by atoms with van der Waals surface area (Å²) in [4.78, 5) is 22.3. The van der Waals surface area contributed by atoms with E-state index < -0.39 is 4.92 Å². The highest BCUT2D eigenvalue weighted by atomic mass is 16.6. The van der Waals surface area contributed by atoms with Crippen LogP contribution in [0.4, 0.5) is 5.69 Å². The minimum atomic E-state index is -0.431. The van der Waals surface area contributed by atoms with Gasteiger partial charge in [0, 0.05) is 30.3 Å². The molecule has 21 heavy (non-hydrogen) atoms. The van der Waals surface area contributed by atoms with E-state index in [0.29, 0.717) is 18.0 Å². The van der Waals surface area contributed by atoms with Crippen molar-refractivity contribution in [1.82, 2.24) is 9.88 Å². The summed E-state index contributed by atoms with van der Waals surface area (Å²) < 4.78 is 1.73. The van der Waals surface area contributed by atoms with Crippen molar-refractivity contribution in [1.29, 1.82) is 0 Å². The van der Waals surface area contributed by atoms with Gasteiger partial charge in [0.25, 0.3) is 5.69 Å². The van der Waals surface area contributed by atoms with Gasteiger partial charge >= 0.3 is 0 Å². The summed E-state index contributed by atoms with van der Waals surface area (Å²) >= 11 is 0. The minimum Gasteiger partial charge on any atom is -0.355 e. The molecule has 0 saturated carbocycles. The van der Waals surface area contributed by atoms with Crippen LogP contribution in [-0.2, 0) is 11.3 Å². The second-order valence-electron chi connectivity index (χ2n) is 5.48. The van der Waals surface area contributed by atoms with E-state index in [2.05, 4.69) is 19.2 Å². The van der Waals surface area contributed by atoms with Gasteiger partial charge in [0.15, 0.2) is 0 Å². The highest BCUT2D eigenvalue weighted by Crippen LogP contribution is 2.21. The maximum Gasteiger partial charge on any atom is 0.271 e. The fourth-order valence-corrected chi connectivity index (χ4v) is 2.13. The number of carbonyl (C=O) groups is 1. The third kappa shape index (κ3) is 3.81. The Morgan fingerprint density at radius 1 is 1.38 bits per heavy atom. The lowest BCUT2D eigenvalue weighted by atomic mass is 10.1. The van der Waals surface area contributed by atoms with Crippen LogP contribution in [0.5, 0.6) is 0 Å². The maximum atomic E-state index is 11.9. The van der Waals surface area contributed by atoms with E-state index in [9.17, 15) is 14.9 Å². The van der Waals surface area contributed by atoms with Crippen LogP contribution in [-0.4, -0.2) is 21.9 Å². The zero-order valence-electron chi connectivity index (χ0n) is 12.2. The molecule has 0 aliphatic rings. The average Bonchev–Trinajstić information content (AvgIpc) is 2.80. The number of nitrogens with one attached hydrogen (secondary N) is 1. The normalized spacial score (nSPS) is 11.0. The minimum absolute atomic E-state index is 0.0302. The first-order valence-electron chi connectivity index (χ1n) is 6.97. The Bertz CT molecular complexity index is 661. The predicted octanol–water partition coefficient (Wildman–Crippen LogP) is 2.71. The number of rotatable bonds is 6. The molecule has 0 spiro atoms. The smallest absolute Gasteiger partial charge is 0.271 e. The molecule has 0 unspecified atom stereocenters. The molecule has 0 radical (unpaired) electrons. The van der Waals surface area contributed by atoms with Gasteiger partial charge in [-0.05, 0) is 24.5 Å². The van der Waals surface area contributed by atoms with Crippen LogP contribution in [0.1, 0.15) is 20.3 Å². The summed E-state index contributed by atoms with van der Waals surface area (Å²) in [6.07, 6.45) is 2.71. The highest BCUT2D eigenvalue weighted by Gasteiger charge is 2.11. The first-order chi connectivity index (χ1) is 9.97. The van der Waals surface area contributed by atoms with Crippen molar-refractivity contribution in [2.45, 2.75) is 26.8 Å². The fraction of sp³-hybridized carbons (Fsp3) is 0.400. The van der Waals surface area contributed by atoms with Crippen LogP contribution in [0.3, 0.4) is 0 Å². The largest absolute Gasteiger partial charge is 0.355 e. The number of nitrogens with zero attached hydrogens (tertiary/aromatic N) is 2. The number of carbonyl (C=O) groups excluding carboxylic acids is 1. The number of non-ortho nitro benzene ring substituents is 1. The molecule has 0 aliphatic carbocycles. The Hall–Kier alpha value is -2.37. The quantitative estimate of drug-likeness (QED) is 0.656. The van der Waals surface area contributed by atoms with Crippen LogP contribution >= 0.6 is 0 Å². The number of nitro groups is 1. The summed E-state index contributed by atoms with van der Waals surface area (Å²) in [5.74, 6) is 0.458. The molecule has 1 heterocycles. The molecular formula is C15H19N3O3. The monoisotopic (exact) mass is 289 g/mol. The first-order valence-corrected chi connectivity index (χ1v) is 6.97. The Morgan fingerprint density at radius 2 is 2.14 bits per heavy atom. The van der Waals surface area contributed by atoms with Crippen molar-refractivity contribution >= 4 is 22.5 Å². The number of amides is 1. The lowest BCUT2D eigenvalue weighted by Gasteiger charge is -2.08. The van der Waals surface area contributed by atoms with E-state index in [1.54, 1.807) is 16.8 Å². The maximum absolute atomic E-state index is 11.9. The van der Waals surface area contributed by atoms with Gasteiger partial charge in [0.1, 0.15) is 6.54 Å². The van der Waals surface area contributed by atoms with Crippen LogP contribution in [0.2, 0.25) is 0 Å². The Balaban J connectivity index is 2.09. The lowest BCUT2D eigenvalue weighted by molar-refractivity contribution is -0.384. The number of nitro benzene ring substituents is 1. The molecule has 6 nitrogen and oxygen atoms in total. The molecule has 0 aliphatic heterocycles. The van der Waals surface area contributed by atoms with Crippen LogP contribution < -0.4 is 5.32 Å². The first kappa shape index (κ1) is 15.0. The summed E-state index contributed by atoms with van der Waals surface area (Å²) in [5.41, 5.74) is 0.728. The molecule has 2 rings (SSSR count). The summed E-state index contributed by atoms with van der Waals surface area (Å²) in [5, 5.41) is 14.6. The summed E-state index contributed by atoms with van der Waals surface area (Å²) in [6, 6.07) is 6.51. The lowest BCUT2D eigenvalue weighted by Crippen LogP contribution is -2.28. The molecule has 1 amide bonds. The molecule has 2 aromatic rings. The Labute approximate surface area is 122 Å². The predicted molar refractivity (Wildman–Crippen MR) is 81.1 cm³/mol. The van der Waals surface area contributed by atoms with Gasteiger partial charge in [-0.15, -0.1) is 0 Å². The number of benzene rings is 1. The third-order valence-electron chi connectivity index (χ3n) is 3.33. The third-order valence-corrected chi connectivity index (χ3v) is 3.33. The summed E-state index contributed by atoms with van der Waals surface area (Å²) in [7, 11) is 0. The van der Waals surface area contributed by atoms with Gasteiger partial charge in [0.05, 0.1) is 10.4 Å². The van der Waals surface area contributed by atoms with E-state index in [0.717, 1.165) is 11.8 Å². The topological polar surface area (TPSA) is 77.2 Å². The Morgan fingerprint density at radius 3 is 2.81 bits per heavy atom. The van der Waals surface area contributed by atoms with E-state index in [1.165, 1.54) is 12.1 Å². The van der Waals surface area contributed by atoms with E-state index in [1.807, 2.05) is 6.07 Å². The molecule has 1 aromatic carbocycles. The molecule has 0 bridgehead atoms. The molecule has 0 atom stereocenters. The molecule has 0 fully saturated rings. The second kappa shape index (κ2) is 6.39. The molecule has 112 valence electrons. The van der Waals surface area contributed by atoms with Gasteiger partial charge in [0.2, 0.25) is 5.91 Å². The van der Waals surface area contributed by atoms with Crippen LogP contribution in [0.25, 0.3) is 10.9 Å². The van der Waals surface area contributed by atoms with Gasteiger partial charge in [-0.2, -0.15) is 0 Å². The highest BCUT2D eigenvalue weighted by molar-refractivity contribution is 5.84. The number of hydrogen-bond acceptors (Lipinski definition) is 3. The molecule has 1 N–H and O–H groups in total. The van der Waals surface area contributed by atoms with E-state index in [4.69, 9.17) is 0 Å². The number of hydrogen-bond donors (Lipinski definition) is 1. The molecule has 6 heteroatoms. The SMILES string of the molecule is CC(C)CCNC(=O)Cn1ccc2ccc([N+](=O)[O-])cc21. The van der Waals surface area contributed by atoms with E-state index in [-0.39, 0.29) is 18.1 Å². The molecule has 0 saturated heterocycles. The van der Waals surface area contributed by atoms with Gasteiger partial charge < -0.3 is 9.88 Å². The number of fused-ring (bicyclic) bond motifs is 1. The van der Waals surface area contributed by atoms with Crippen molar-refractivity contribution in [3.05, 3.63) is 40.6 Å². The average molecular weight is 289 g/mol. The fourth-order valence-electron chi connectivity index (χ4n) is 2.13. The Kier molecular flexibility index (Phi) is 4.57. The van der Waals surface area contributed by atoms with Crippen molar-refractivity contribution < 1.29 is 9.72 Å². The summed E-state index contributed by atoms with van der Waals surface area (Å²) in [6.45, 7) is 5.02. The van der Waals surface area contributed by atoms with Crippen LogP contribution in [0.15, 0.2) is 30.5 Å². The van der Waals surface area contributed by atoms with Gasteiger partial charge in [-0.25, -0.2) is 0 Å². The van der Waals surface area contributed by atoms with Crippen molar-refractivity contribution in [3.8, 4) is 0 Å². The van der Waals surface area contributed by atoms with Crippen molar-refractivity contribution in [2.75, 3.05) is 6.54 Å². The van der Waals surface area contributed by atoms with Crippen molar-refractivity contribution in [2.24, 2.45) is 5.92 Å². The van der Waals surface area contributed by atoms with Gasteiger partial charge in [-0.3, -0.25) is 14.9 Å².